The molecule has 8 heteroatoms. The highest BCUT2D eigenvalue weighted by atomic mass is 127. The van der Waals surface area contributed by atoms with Gasteiger partial charge in [-0.3, -0.25) is 9.79 Å². The van der Waals surface area contributed by atoms with E-state index in [0.717, 1.165) is 42.5 Å². The molecule has 0 aliphatic heterocycles. The average Bonchev–Trinajstić information content (AvgIpc) is 2.61. The van der Waals surface area contributed by atoms with Crippen molar-refractivity contribution in [3.63, 3.8) is 0 Å². The van der Waals surface area contributed by atoms with Crippen LogP contribution in [0.15, 0.2) is 34.2 Å². The molecule has 0 spiro atoms. The Morgan fingerprint density at radius 3 is 2.50 bits per heavy atom. The number of amides is 1. The van der Waals surface area contributed by atoms with Gasteiger partial charge in [-0.15, -0.1) is 35.7 Å². The van der Waals surface area contributed by atoms with E-state index in [9.17, 15) is 9.18 Å². The summed E-state index contributed by atoms with van der Waals surface area (Å²) in [5.74, 6) is 1.51. The van der Waals surface area contributed by atoms with Crippen molar-refractivity contribution in [3.05, 3.63) is 30.1 Å². The molecular formula is C18H30FIN4OS. The standard InChI is InChI=1S/C18H29FN4OS.HI/c1-3-11-21-17(24)10-13-23-18(20-4-2)22-12-5-14-25-16-8-6-15(19)7-9-16;/h6-9H,3-5,10-14H2,1-2H3,(H,21,24)(H2,20,22,23);1H. The third-order valence-corrected chi connectivity index (χ3v) is 4.31. The van der Waals surface area contributed by atoms with Gasteiger partial charge in [0.2, 0.25) is 5.91 Å². The number of nitrogens with zero attached hydrogens (tertiary/aromatic N) is 1. The number of halogens is 2. The third kappa shape index (κ3) is 12.3. The van der Waals surface area contributed by atoms with E-state index in [2.05, 4.69) is 20.9 Å². The Labute approximate surface area is 177 Å². The van der Waals surface area contributed by atoms with Gasteiger partial charge in [0.05, 0.1) is 0 Å². The monoisotopic (exact) mass is 496 g/mol. The van der Waals surface area contributed by atoms with Gasteiger partial charge >= 0.3 is 0 Å². The fraction of sp³-hybridized carbons (Fsp3) is 0.556. The molecule has 0 saturated carbocycles. The lowest BCUT2D eigenvalue weighted by Gasteiger charge is -2.11. The van der Waals surface area contributed by atoms with Crippen LogP contribution in [0.5, 0.6) is 0 Å². The van der Waals surface area contributed by atoms with Crippen molar-refractivity contribution in [1.29, 1.82) is 0 Å². The Kier molecular flexibility index (Phi) is 15.5. The van der Waals surface area contributed by atoms with E-state index in [4.69, 9.17) is 0 Å². The number of thioether (sulfide) groups is 1. The first-order valence-electron chi connectivity index (χ1n) is 8.83. The molecule has 0 aromatic heterocycles. The summed E-state index contributed by atoms with van der Waals surface area (Å²) in [6.07, 6.45) is 2.31. The molecule has 0 radical (unpaired) electrons. The molecule has 0 aliphatic rings. The van der Waals surface area contributed by atoms with Gasteiger partial charge < -0.3 is 16.0 Å². The van der Waals surface area contributed by atoms with E-state index >= 15 is 0 Å². The van der Waals surface area contributed by atoms with Crippen LogP contribution in [0, 0.1) is 5.82 Å². The van der Waals surface area contributed by atoms with Crippen LogP contribution in [0.1, 0.15) is 33.1 Å². The molecule has 0 bridgehead atoms. The molecule has 0 heterocycles. The van der Waals surface area contributed by atoms with Crippen molar-refractivity contribution in [1.82, 2.24) is 16.0 Å². The first-order valence-corrected chi connectivity index (χ1v) is 9.81. The maximum Gasteiger partial charge on any atom is 0.221 e. The van der Waals surface area contributed by atoms with E-state index in [0.29, 0.717) is 19.5 Å². The molecule has 0 fully saturated rings. The van der Waals surface area contributed by atoms with Crippen LogP contribution in [0.25, 0.3) is 0 Å². The van der Waals surface area contributed by atoms with E-state index in [1.807, 2.05) is 13.8 Å². The number of nitrogens with one attached hydrogen (secondary N) is 3. The van der Waals surface area contributed by atoms with E-state index in [1.165, 1.54) is 12.1 Å². The summed E-state index contributed by atoms with van der Waals surface area (Å²) in [4.78, 5) is 17.1. The minimum absolute atomic E-state index is 0. The minimum Gasteiger partial charge on any atom is -0.357 e. The van der Waals surface area contributed by atoms with Crippen LogP contribution in [0.4, 0.5) is 4.39 Å². The smallest absolute Gasteiger partial charge is 0.221 e. The Balaban J connectivity index is 0.00000625. The SMILES string of the molecule is CCCNC(=O)CCNC(=NCCCSc1ccc(F)cc1)NCC.I. The number of carbonyl (C=O) groups excluding carboxylic acids is 1. The second-order valence-corrected chi connectivity index (χ2v) is 6.61. The predicted octanol–water partition coefficient (Wildman–Crippen LogP) is 3.40. The van der Waals surface area contributed by atoms with Crippen molar-refractivity contribution in [2.45, 2.75) is 38.0 Å². The molecule has 0 unspecified atom stereocenters. The van der Waals surface area contributed by atoms with E-state index in [1.54, 1.807) is 23.9 Å². The highest BCUT2D eigenvalue weighted by Gasteiger charge is 2.02. The van der Waals surface area contributed by atoms with Crippen molar-refractivity contribution < 1.29 is 9.18 Å². The van der Waals surface area contributed by atoms with Gasteiger partial charge in [0.1, 0.15) is 5.82 Å². The van der Waals surface area contributed by atoms with Gasteiger partial charge in [-0.25, -0.2) is 4.39 Å². The topological polar surface area (TPSA) is 65.5 Å². The largest absolute Gasteiger partial charge is 0.357 e. The number of hydrogen-bond acceptors (Lipinski definition) is 3. The van der Waals surface area contributed by atoms with Gasteiger partial charge in [0.15, 0.2) is 5.96 Å². The molecule has 0 aliphatic carbocycles. The van der Waals surface area contributed by atoms with Crippen molar-refractivity contribution >= 4 is 47.6 Å². The second-order valence-electron chi connectivity index (χ2n) is 5.44. The molecule has 3 N–H and O–H groups in total. The molecular weight excluding hydrogens is 466 g/mol. The molecule has 1 aromatic rings. The lowest BCUT2D eigenvalue weighted by Crippen LogP contribution is -2.39. The van der Waals surface area contributed by atoms with Crippen molar-refractivity contribution in [2.24, 2.45) is 4.99 Å². The molecule has 1 aromatic carbocycles. The van der Waals surface area contributed by atoms with Crippen LogP contribution in [0.2, 0.25) is 0 Å². The zero-order chi connectivity index (χ0) is 18.3. The Bertz CT molecular complexity index is 528. The summed E-state index contributed by atoms with van der Waals surface area (Å²) in [6.45, 7) is 6.80. The summed E-state index contributed by atoms with van der Waals surface area (Å²) in [5, 5.41) is 9.20. The number of guanidine groups is 1. The quantitative estimate of drug-likeness (QED) is 0.145. The average molecular weight is 496 g/mol. The van der Waals surface area contributed by atoms with Crippen LogP contribution < -0.4 is 16.0 Å². The van der Waals surface area contributed by atoms with Crippen LogP contribution in [-0.4, -0.2) is 43.8 Å². The fourth-order valence-electron chi connectivity index (χ4n) is 1.97. The second kappa shape index (κ2) is 16.2. The Hall–Kier alpha value is -1.03. The number of aliphatic imine (C=N–C) groups is 1. The van der Waals surface area contributed by atoms with Crippen molar-refractivity contribution in [2.75, 3.05) is 31.9 Å². The Morgan fingerprint density at radius 2 is 1.85 bits per heavy atom. The summed E-state index contributed by atoms with van der Waals surface area (Å²) in [5.41, 5.74) is 0. The van der Waals surface area contributed by atoms with Gasteiger partial charge in [-0.05, 0) is 49.8 Å². The normalized spacial score (nSPS) is 10.8. The summed E-state index contributed by atoms with van der Waals surface area (Å²) >= 11 is 1.69. The fourth-order valence-corrected chi connectivity index (χ4v) is 2.80. The zero-order valence-electron chi connectivity index (χ0n) is 15.5. The van der Waals surface area contributed by atoms with Crippen molar-refractivity contribution in [3.8, 4) is 0 Å². The molecule has 0 saturated heterocycles. The van der Waals surface area contributed by atoms with Gasteiger partial charge in [0.25, 0.3) is 0 Å². The first-order chi connectivity index (χ1) is 12.2. The third-order valence-electron chi connectivity index (χ3n) is 3.22. The highest BCUT2D eigenvalue weighted by Crippen LogP contribution is 2.18. The molecule has 1 amide bonds. The van der Waals surface area contributed by atoms with E-state index in [-0.39, 0.29) is 35.7 Å². The maximum absolute atomic E-state index is 12.8. The highest BCUT2D eigenvalue weighted by molar-refractivity contribution is 14.0. The molecule has 148 valence electrons. The van der Waals surface area contributed by atoms with Crippen LogP contribution >= 0.6 is 35.7 Å². The number of benzene rings is 1. The minimum atomic E-state index is -0.210. The van der Waals surface area contributed by atoms with Gasteiger partial charge in [-0.2, -0.15) is 0 Å². The molecule has 0 atom stereocenters. The summed E-state index contributed by atoms with van der Waals surface area (Å²) < 4.78 is 12.8. The molecule has 26 heavy (non-hydrogen) atoms. The molecule has 1 rings (SSSR count). The summed E-state index contributed by atoms with van der Waals surface area (Å²) in [6, 6.07) is 6.53. The van der Waals surface area contributed by atoms with E-state index < -0.39 is 0 Å². The number of carbonyl (C=O) groups is 1. The lowest BCUT2D eigenvalue weighted by atomic mass is 10.4. The summed E-state index contributed by atoms with van der Waals surface area (Å²) in [7, 11) is 0. The maximum atomic E-state index is 12.8. The first kappa shape index (κ1) is 25.0. The Morgan fingerprint density at radius 1 is 1.12 bits per heavy atom. The van der Waals surface area contributed by atoms with Crippen LogP contribution in [-0.2, 0) is 4.79 Å². The number of rotatable bonds is 11. The van der Waals surface area contributed by atoms with Gasteiger partial charge in [-0.1, -0.05) is 6.92 Å². The number of hydrogen-bond donors (Lipinski definition) is 3. The van der Waals surface area contributed by atoms with Crippen LogP contribution in [0.3, 0.4) is 0 Å². The molecule has 5 nitrogen and oxygen atoms in total. The lowest BCUT2D eigenvalue weighted by molar-refractivity contribution is -0.120. The predicted molar refractivity (Wildman–Crippen MR) is 119 cm³/mol. The zero-order valence-corrected chi connectivity index (χ0v) is 18.7. The van der Waals surface area contributed by atoms with Gasteiger partial charge in [0, 0.05) is 37.5 Å².